The molecule has 182 valence electrons. The maximum absolute atomic E-state index is 13.6. The van der Waals surface area contributed by atoms with E-state index in [9.17, 15) is 40.3 Å². The van der Waals surface area contributed by atoms with Crippen molar-refractivity contribution >= 4 is 28.5 Å². The van der Waals surface area contributed by atoms with E-state index in [4.69, 9.17) is 9.84 Å². The van der Waals surface area contributed by atoms with E-state index in [0.29, 0.717) is 22.2 Å². The molecule has 6 nitrogen and oxygen atoms in total. The largest absolute Gasteiger partial charge is 0.496 e. The molecule has 0 radical (unpaired) electrons. The van der Waals surface area contributed by atoms with Gasteiger partial charge in [0.15, 0.2) is 0 Å². The van der Waals surface area contributed by atoms with E-state index < -0.39 is 35.6 Å². The Bertz CT molecular complexity index is 1250. The van der Waals surface area contributed by atoms with Gasteiger partial charge in [0.25, 0.3) is 0 Å². The molecule has 0 atom stereocenters. The molecule has 0 aliphatic rings. The number of amides is 1. The van der Waals surface area contributed by atoms with Gasteiger partial charge in [-0.2, -0.15) is 30.7 Å². The third-order valence-corrected chi connectivity index (χ3v) is 4.94. The number of benzene rings is 2. The fourth-order valence-electron chi connectivity index (χ4n) is 3.14. The van der Waals surface area contributed by atoms with Crippen molar-refractivity contribution in [1.82, 2.24) is 4.57 Å². The van der Waals surface area contributed by atoms with Crippen molar-refractivity contribution in [3.63, 3.8) is 0 Å². The second kappa shape index (κ2) is 8.54. The molecular formula is C21H15F7N2O4. The lowest BCUT2D eigenvalue weighted by Crippen LogP contribution is -2.57. The maximum atomic E-state index is 13.6. The van der Waals surface area contributed by atoms with E-state index in [1.54, 1.807) is 10.8 Å². The number of hydrogen-bond acceptors (Lipinski definition) is 3. The number of methoxy groups -OCH3 is 1. The third-order valence-electron chi connectivity index (χ3n) is 4.94. The number of carbonyl (C=O) groups is 2. The summed E-state index contributed by atoms with van der Waals surface area (Å²) in [7, 11) is 1.35. The summed E-state index contributed by atoms with van der Waals surface area (Å²) in [6.07, 6.45) is -5.06. The fraction of sp³-hybridized carbons (Fsp3) is 0.238. The van der Waals surface area contributed by atoms with Crippen molar-refractivity contribution in [3.8, 4) is 5.75 Å². The van der Waals surface area contributed by atoms with Crippen LogP contribution in [0.3, 0.4) is 0 Å². The number of nitrogens with zero attached hydrogens (tertiary/aromatic N) is 1. The third kappa shape index (κ3) is 4.37. The second-order valence-corrected chi connectivity index (χ2v) is 7.15. The molecule has 3 rings (SSSR count). The Morgan fingerprint density at radius 1 is 1.00 bits per heavy atom. The zero-order valence-electron chi connectivity index (χ0n) is 17.1. The average Bonchev–Trinajstić information content (AvgIpc) is 3.14. The molecule has 0 bridgehead atoms. The van der Waals surface area contributed by atoms with Crippen molar-refractivity contribution in [2.24, 2.45) is 0 Å². The Kier molecular flexibility index (Phi) is 6.24. The quantitative estimate of drug-likeness (QED) is 0.446. The van der Waals surface area contributed by atoms with Gasteiger partial charge in [-0.1, -0.05) is 6.07 Å². The summed E-state index contributed by atoms with van der Waals surface area (Å²) in [6.45, 7) is 0.189. The van der Waals surface area contributed by atoms with Crippen LogP contribution >= 0.6 is 0 Å². The second-order valence-electron chi connectivity index (χ2n) is 7.15. The lowest BCUT2D eigenvalue weighted by molar-refractivity contribution is -0.343. The molecule has 1 amide bonds. The molecule has 0 fully saturated rings. The number of carbonyl (C=O) groups excluding carboxylic acids is 1. The summed E-state index contributed by atoms with van der Waals surface area (Å²) in [5.74, 6) is -16.3. The summed E-state index contributed by atoms with van der Waals surface area (Å²) in [6, 6.07) is 9.24. The summed E-state index contributed by atoms with van der Waals surface area (Å²) in [4.78, 5) is 22.7. The molecular weight excluding hydrogens is 477 g/mol. The van der Waals surface area contributed by atoms with E-state index in [0.717, 1.165) is 12.1 Å². The number of rotatable bonds is 7. The summed E-state index contributed by atoms with van der Waals surface area (Å²) in [5.41, 5.74) is 0.675. The molecule has 13 heteroatoms. The smallest absolute Gasteiger partial charge is 0.460 e. The fourth-order valence-corrected chi connectivity index (χ4v) is 3.14. The van der Waals surface area contributed by atoms with E-state index >= 15 is 0 Å². The number of alkyl halides is 7. The zero-order valence-corrected chi connectivity index (χ0v) is 17.1. The standard InChI is InChI=1S/C21H15F7N2O4/c1-34-16-9-12(17(31)32)2-3-13(16)10-30-7-6-11-8-14(4-5-15(11)30)29-18(33)19(22,23)20(24,25)21(26,27)28/h2-9H,10H2,1H3,(H,29,33)(H,31,32). The molecule has 0 aliphatic heterocycles. The highest BCUT2D eigenvalue weighted by Gasteiger charge is 2.76. The Morgan fingerprint density at radius 3 is 2.26 bits per heavy atom. The number of carboxylic acids is 1. The Balaban J connectivity index is 1.85. The molecule has 0 spiro atoms. The van der Waals surface area contributed by atoms with Crippen molar-refractivity contribution < 1.29 is 50.2 Å². The highest BCUT2D eigenvalue weighted by atomic mass is 19.4. The van der Waals surface area contributed by atoms with Crippen LogP contribution in [0.4, 0.5) is 36.4 Å². The van der Waals surface area contributed by atoms with Crippen LogP contribution < -0.4 is 10.1 Å². The lowest BCUT2D eigenvalue weighted by Gasteiger charge is -2.27. The molecule has 0 aliphatic carbocycles. The van der Waals surface area contributed by atoms with Crippen molar-refractivity contribution in [1.29, 1.82) is 0 Å². The predicted octanol–water partition coefficient (Wildman–Crippen LogP) is 5.17. The van der Waals surface area contributed by atoms with Crippen molar-refractivity contribution in [2.45, 2.75) is 24.6 Å². The van der Waals surface area contributed by atoms with Gasteiger partial charge in [-0.25, -0.2) is 4.79 Å². The van der Waals surface area contributed by atoms with Crippen LogP contribution in [0.2, 0.25) is 0 Å². The SMILES string of the molecule is COc1cc(C(=O)O)ccc1Cn1ccc2cc(NC(=O)C(F)(F)C(F)(F)C(F)(F)F)ccc21. The number of ether oxygens (including phenoxy) is 1. The van der Waals surface area contributed by atoms with Crippen LogP contribution in [0, 0.1) is 0 Å². The van der Waals surface area contributed by atoms with Crippen LogP contribution in [-0.2, 0) is 11.3 Å². The lowest BCUT2D eigenvalue weighted by atomic mass is 10.1. The van der Waals surface area contributed by atoms with Gasteiger partial charge in [0.2, 0.25) is 0 Å². The molecule has 34 heavy (non-hydrogen) atoms. The van der Waals surface area contributed by atoms with E-state index in [2.05, 4.69) is 0 Å². The first-order chi connectivity index (χ1) is 15.7. The Labute approximate surface area is 186 Å². The zero-order chi connectivity index (χ0) is 25.5. The minimum absolute atomic E-state index is 0.00579. The van der Waals surface area contributed by atoms with Crippen LogP contribution in [0.25, 0.3) is 10.9 Å². The molecule has 3 aromatic rings. The van der Waals surface area contributed by atoms with Crippen molar-refractivity contribution in [2.75, 3.05) is 12.4 Å². The highest BCUT2D eigenvalue weighted by Crippen LogP contribution is 2.47. The summed E-state index contributed by atoms with van der Waals surface area (Å²) < 4.78 is 97.0. The molecule has 1 aromatic heterocycles. The number of carboxylic acid groups (broad SMARTS) is 1. The molecule has 2 aromatic carbocycles. The van der Waals surface area contributed by atoms with Crippen LogP contribution in [-0.4, -0.2) is 46.7 Å². The van der Waals surface area contributed by atoms with Gasteiger partial charge < -0.3 is 19.7 Å². The molecule has 0 saturated heterocycles. The first-order valence-corrected chi connectivity index (χ1v) is 9.32. The number of hydrogen-bond donors (Lipinski definition) is 2. The van der Waals surface area contributed by atoms with E-state index in [1.807, 2.05) is 0 Å². The monoisotopic (exact) mass is 492 g/mol. The predicted molar refractivity (Wildman–Crippen MR) is 106 cm³/mol. The maximum Gasteiger partial charge on any atom is 0.460 e. The number of aromatic carboxylic acids is 1. The van der Waals surface area contributed by atoms with Crippen LogP contribution in [0.5, 0.6) is 5.75 Å². The molecule has 0 saturated carbocycles. The number of anilines is 1. The van der Waals surface area contributed by atoms with Gasteiger partial charge in [-0.05, 0) is 36.4 Å². The number of nitrogens with one attached hydrogen (secondary N) is 1. The number of fused-ring (bicyclic) bond motifs is 1. The van der Waals surface area contributed by atoms with Crippen LogP contribution in [0.1, 0.15) is 15.9 Å². The number of halogens is 7. The average molecular weight is 492 g/mol. The molecule has 0 unspecified atom stereocenters. The van der Waals surface area contributed by atoms with E-state index in [1.165, 1.54) is 42.8 Å². The minimum Gasteiger partial charge on any atom is -0.496 e. The highest BCUT2D eigenvalue weighted by molar-refractivity contribution is 5.98. The first kappa shape index (κ1) is 24.9. The van der Waals surface area contributed by atoms with E-state index in [-0.39, 0.29) is 12.1 Å². The van der Waals surface area contributed by atoms with Gasteiger partial charge in [0.05, 0.1) is 19.2 Å². The van der Waals surface area contributed by atoms with Gasteiger partial charge in [0, 0.05) is 28.4 Å². The first-order valence-electron chi connectivity index (χ1n) is 9.32. The molecule has 2 N–H and O–H groups in total. The van der Waals surface area contributed by atoms with Gasteiger partial charge in [-0.15, -0.1) is 0 Å². The summed E-state index contributed by atoms with van der Waals surface area (Å²) >= 11 is 0. The van der Waals surface area contributed by atoms with Crippen LogP contribution in [0.15, 0.2) is 48.7 Å². The summed E-state index contributed by atoms with van der Waals surface area (Å²) in [5, 5.41) is 10.8. The van der Waals surface area contributed by atoms with Crippen molar-refractivity contribution in [3.05, 3.63) is 59.8 Å². The van der Waals surface area contributed by atoms with Gasteiger partial charge >= 0.3 is 29.9 Å². The number of aromatic nitrogens is 1. The molecule has 1 heterocycles. The Morgan fingerprint density at radius 2 is 1.68 bits per heavy atom. The van der Waals surface area contributed by atoms with Gasteiger partial charge in [0.1, 0.15) is 5.75 Å². The minimum atomic E-state index is -6.63. The van der Waals surface area contributed by atoms with Gasteiger partial charge in [-0.3, -0.25) is 4.79 Å². The topological polar surface area (TPSA) is 80.6 Å². The Hall–Kier alpha value is -3.77. The normalized spacial score (nSPS) is 12.6.